The lowest BCUT2D eigenvalue weighted by Crippen LogP contribution is -2.46. The molecule has 1 aliphatic heterocycles. The van der Waals surface area contributed by atoms with Crippen molar-refractivity contribution in [2.75, 3.05) is 31.1 Å². The second-order valence-electron chi connectivity index (χ2n) is 5.48. The van der Waals surface area contributed by atoms with Gasteiger partial charge in [0.1, 0.15) is 11.6 Å². The van der Waals surface area contributed by atoms with E-state index >= 15 is 0 Å². The third-order valence-corrected chi connectivity index (χ3v) is 4.23. The molecule has 1 aliphatic rings. The molecule has 1 heterocycles. The molecule has 2 aromatic carbocycles. The van der Waals surface area contributed by atoms with Gasteiger partial charge in [-0.1, -0.05) is 17.7 Å². The minimum absolute atomic E-state index is 0.472. The van der Waals surface area contributed by atoms with E-state index in [1.54, 1.807) is 0 Å². The van der Waals surface area contributed by atoms with E-state index < -0.39 is 11.6 Å². The van der Waals surface area contributed by atoms with E-state index in [-0.39, 0.29) is 0 Å². The molecule has 0 amide bonds. The van der Waals surface area contributed by atoms with Crippen molar-refractivity contribution in [1.29, 1.82) is 0 Å². The lowest BCUT2D eigenvalue weighted by molar-refractivity contribution is 0.246. The lowest BCUT2D eigenvalue weighted by Gasteiger charge is -2.36. The van der Waals surface area contributed by atoms with Crippen LogP contribution in [0.15, 0.2) is 42.5 Å². The molecule has 3 rings (SSSR count). The maximum absolute atomic E-state index is 13.7. The van der Waals surface area contributed by atoms with Crippen LogP contribution in [-0.2, 0) is 6.54 Å². The van der Waals surface area contributed by atoms with Gasteiger partial charge in [-0.05, 0) is 30.3 Å². The molecule has 2 aromatic rings. The van der Waals surface area contributed by atoms with Crippen molar-refractivity contribution in [2.24, 2.45) is 0 Å². The summed E-state index contributed by atoms with van der Waals surface area (Å²) in [5, 5.41) is 0.731. The third kappa shape index (κ3) is 3.57. The zero-order chi connectivity index (χ0) is 15.5. The van der Waals surface area contributed by atoms with Gasteiger partial charge in [0.2, 0.25) is 0 Å². The second-order valence-corrected chi connectivity index (χ2v) is 5.91. The van der Waals surface area contributed by atoms with Gasteiger partial charge in [-0.15, -0.1) is 0 Å². The number of anilines is 1. The molecule has 5 heteroatoms. The minimum atomic E-state index is -0.534. The predicted octanol–water partition coefficient (Wildman–Crippen LogP) is 3.94. The smallest absolute Gasteiger partial charge is 0.130 e. The number of nitrogens with zero attached hydrogens (tertiary/aromatic N) is 2. The van der Waals surface area contributed by atoms with Crippen molar-refractivity contribution in [2.45, 2.75) is 6.54 Å². The van der Waals surface area contributed by atoms with Crippen molar-refractivity contribution in [1.82, 2.24) is 4.90 Å². The maximum atomic E-state index is 13.7. The topological polar surface area (TPSA) is 6.48 Å². The fourth-order valence-corrected chi connectivity index (χ4v) is 2.83. The molecule has 22 heavy (non-hydrogen) atoms. The Balaban J connectivity index is 1.58. The summed E-state index contributed by atoms with van der Waals surface area (Å²) in [6, 6.07) is 11.6. The van der Waals surface area contributed by atoms with Gasteiger partial charge in [0, 0.05) is 55.1 Å². The van der Waals surface area contributed by atoms with E-state index in [2.05, 4.69) is 9.80 Å². The summed E-state index contributed by atoms with van der Waals surface area (Å²) in [4.78, 5) is 4.47. The second kappa shape index (κ2) is 6.63. The Kier molecular flexibility index (Phi) is 4.60. The minimum Gasteiger partial charge on any atom is -0.369 e. The van der Waals surface area contributed by atoms with Gasteiger partial charge in [0.05, 0.1) is 0 Å². The number of piperazine rings is 1. The Hall–Kier alpha value is -1.65. The molecule has 0 N–H and O–H groups in total. The Morgan fingerprint density at radius 1 is 0.909 bits per heavy atom. The van der Waals surface area contributed by atoms with E-state index in [0.717, 1.165) is 43.0 Å². The van der Waals surface area contributed by atoms with Crippen molar-refractivity contribution in [3.05, 3.63) is 64.7 Å². The highest BCUT2D eigenvalue weighted by atomic mass is 35.5. The molecule has 116 valence electrons. The highest BCUT2D eigenvalue weighted by Crippen LogP contribution is 2.20. The zero-order valence-electron chi connectivity index (χ0n) is 12.1. The van der Waals surface area contributed by atoms with Gasteiger partial charge in [0.25, 0.3) is 0 Å². The average molecular weight is 323 g/mol. The molecule has 1 fully saturated rings. The molecule has 0 bridgehead atoms. The first-order valence-corrected chi connectivity index (χ1v) is 7.66. The molecule has 0 radical (unpaired) electrons. The lowest BCUT2D eigenvalue weighted by atomic mass is 10.1. The van der Waals surface area contributed by atoms with Gasteiger partial charge in [0.15, 0.2) is 0 Å². The van der Waals surface area contributed by atoms with Crippen LogP contribution < -0.4 is 4.90 Å². The van der Waals surface area contributed by atoms with Gasteiger partial charge in [-0.25, -0.2) is 8.78 Å². The number of hydrogen-bond acceptors (Lipinski definition) is 2. The number of hydrogen-bond donors (Lipinski definition) is 0. The van der Waals surface area contributed by atoms with E-state index in [1.807, 2.05) is 24.3 Å². The summed E-state index contributed by atoms with van der Waals surface area (Å²) in [6.07, 6.45) is 0. The molecule has 1 saturated heterocycles. The van der Waals surface area contributed by atoms with Gasteiger partial charge < -0.3 is 4.90 Å². The summed E-state index contributed by atoms with van der Waals surface area (Å²) < 4.78 is 26.6. The summed E-state index contributed by atoms with van der Waals surface area (Å²) in [5.74, 6) is -1.01. The molecular weight excluding hydrogens is 306 g/mol. The summed E-state index contributed by atoms with van der Waals surface area (Å²) >= 11 is 5.90. The predicted molar refractivity (Wildman–Crippen MR) is 85.3 cm³/mol. The standard InChI is InChI=1S/C17H17ClF2N2/c18-14-2-5-16(6-3-14)22-9-7-21(8-10-22)12-13-1-4-15(19)11-17(13)20/h1-6,11H,7-10,12H2. The molecule has 0 unspecified atom stereocenters. The molecule has 0 aliphatic carbocycles. The number of halogens is 3. The largest absolute Gasteiger partial charge is 0.369 e. The van der Waals surface area contributed by atoms with Crippen molar-refractivity contribution in [3.8, 4) is 0 Å². The maximum Gasteiger partial charge on any atom is 0.130 e. The first kappa shape index (κ1) is 15.3. The first-order valence-electron chi connectivity index (χ1n) is 7.28. The summed E-state index contributed by atoms with van der Waals surface area (Å²) in [6.45, 7) is 3.97. The van der Waals surface area contributed by atoms with Crippen LogP contribution in [-0.4, -0.2) is 31.1 Å². The Labute approximate surface area is 133 Å². The normalized spacial score (nSPS) is 16.0. The summed E-state index contributed by atoms with van der Waals surface area (Å²) in [5.41, 5.74) is 1.69. The quantitative estimate of drug-likeness (QED) is 0.844. The van der Waals surface area contributed by atoms with Crippen LogP contribution in [0, 0.1) is 11.6 Å². The monoisotopic (exact) mass is 322 g/mol. The highest BCUT2D eigenvalue weighted by Gasteiger charge is 2.18. The molecule has 0 saturated carbocycles. The van der Waals surface area contributed by atoms with Crippen molar-refractivity contribution < 1.29 is 8.78 Å². The van der Waals surface area contributed by atoms with Crippen molar-refractivity contribution in [3.63, 3.8) is 0 Å². The van der Waals surface area contributed by atoms with Crippen LogP contribution in [0.25, 0.3) is 0 Å². The molecule has 0 aromatic heterocycles. The highest BCUT2D eigenvalue weighted by molar-refractivity contribution is 6.30. The molecule has 0 atom stereocenters. The molecule has 2 nitrogen and oxygen atoms in total. The first-order chi connectivity index (χ1) is 10.6. The van der Waals surface area contributed by atoms with E-state index in [9.17, 15) is 8.78 Å². The molecule has 0 spiro atoms. The van der Waals surface area contributed by atoms with Crippen LogP contribution >= 0.6 is 11.6 Å². The van der Waals surface area contributed by atoms with E-state index in [1.165, 1.54) is 12.1 Å². The number of benzene rings is 2. The zero-order valence-corrected chi connectivity index (χ0v) is 12.9. The Morgan fingerprint density at radius 2 is 1.59 bits per heavy atom. The van der Waals surface area contributed by atoms with E-state index in [4.69, 9.17) is 11.6 Å². The third-order valence-electron chi connectivity index (χ3n) is 3.97. The van der Waals surface area contributed by atoms with Gasteiger partial charge in [-0.3, -0.25) is 4.90 Å². The van der Waals surface area contributed by atoms with Crippen molar-refractivity contribution >= 4 is 17.3 Å². The van der Waals surface area contributed by atoms with Crippen LogP contribution in [0.2, 0.25) is 5.02 Å². The van der Waals surface area contributed by atoms with E-state index in [0.29, 0.717) is 12.1 Å². The van der Waals surface area contributed by atoms with Crippen LogP contribution in [0.5, 0.6) is 0 Å². The van der Waals surface area contributed by atoms with Crippen LogP contribution in [0.1, 0.15) is 5.56 Å². The SMILES string of the molecule is Fc1ccc(CN2CCN(c3ccc(Cl)cc3)CC2)c(F)c1. The molecular formula is C17H17ClF2N2. The Bertz CT molecular complexity index is 638. The van der Waals surface area contributed by atoms with Crippen LogP contribution in [0.4, 0.5) is 14.5 Å². The Morgan fingerprint density at radius 3 is 2.23 bits per heavy atom. The van der Waals surface area contributed by atoms with Gasteiger partial charge in [-0.2, -0.15) is 0 Å². The number of rotatable bonds is 3. The average Bonchev–Trinajstić information content (AvgIpc) is 2.52. The fraction of sp³-hybridized carbons (Fsp3) is 0.294. The van der Waals surface area contributed by atoms with Gasteiger partial charge >= 0.3 is 0 Å². The fourth-order valence-electron chi connectivity index (χ4n) is 2.71. The van der Waals surface area contributed by atoms with Crippen LogP contribution in [0.3, 0.4) is 0 Å². The summed E-state index contributed by atoms with van der Waals surface area (Å²) in [7, 11) is 0.